The van der Waals surface area contributed by atoms with Crippen molar-refractivity contribution in [2.24, 2.45) is 0 Å². The minimum atomic E-state index is -0.851. The largest absolute Gasteiger partial charge is 0.489 e. The Balaban J connectivity index is 1.56. The highest BCUT2D eigenvalue weighted by Crippen LogP contribution is 2.23. The first kappa shape index (κ1) is 17.2. The summed E-state index contributed by atoms with van der Waals surface area (Å²) in [4.78, 5) is 12.5. The Morgan fingerprint density at radius 1 is 0.920 bits per heavy atom. The molecule has 1 N–H and O–H groups in total. The number of hydrogen-bond donors (Lipinski definition) is 1. The van der Waals surface area contributed by atoms with Gasteiger partial charge in [0.2, 0.25) is 0 Å². The first-order valence-corrected chi connectivity index (χ1v) is 9.10. The van der Waals surface area contributed by atoms with Crippen molar-refractivity contribution in [3.63, 3.8) is 0 Å². The average Bonchev–Trinajstić information content (AvgIpc) is 3.11. The summed E-state index contributed by atoms with van der Waals surface area (Å²) in [5, 5.41) is 8.98. The molecule has 0 saturated heterocycles. The molecule has 0 amide bonds. The summed E-state index contributed by atoms with van der Waals surface area (Å²) in [6.45, 7) is 0.560. The van der Waals surface area contributed by atoms with Gasteiger partial charge in [0.05, 0.1) is 0 Å². The van der Waals surface area contributed by atoms with Crippen LogP contribution in [0, 0.1) is 0 Å². The number of benzene rings is 2. The van der Waals surface area contributed by atoms with E-state index in [0.717, 1.165) is 35.5 Å². The monoisotopic (exact) mass is 352 g/mol. The lowest BCUT2D eigenvalue weighted by Crippen LogP contribution is -1.99. The Labute approximate surface area is 151 Å². The molecular formula is C21H20O3S. The van der Waals surface area contributed by atoms with Gasteiger partial charge >= 0.3 is 5.97 Å². The maximum Gasteiger partial charge on any atom is 0.345 e. The molecule has 3 nitrogen and oxygen atoms in total. The van der Waals surface area contributed by atoms with Crippen LogP contribution in [0.15, 0.2) is 66.7 Å². The molecule has 0 saturated carbocycles. The molecule has 3 rings (SSSR count). The number of aromatic carboxylic acids is 1. The summed E-state index contributed by atoms with van der Waals surface area (Å²) in [6, 6.07) is 21.8. The predicted molar refractivity (Wildman–Crippen MR) is 101 cm³/mol. The summed E-state index contributed by atoms with van der Waals surface area (Å²) in [7, 11) is 0. The molecule has 1 heterocycles. The van der Waals surface area contributed by atoms with Crippen LogP contribution in [0.25, 0.3) is 0 Å². The van der Waals surface area contributed by atoms with Crippen molar-refractivity contribution in [1.82, 2.24) is 0 Å². The third-order valence-corrected chi connectivity index (χ3v) is 5.08. The summed E-state index contributed by atoms with van der Waals surface area (Å²) in [5.41, 5.74) is 2.34. The van der Waals surface area contributed by atoms with Gasteiger partial charge in [-0.05, 0) is 48.6 Å². The quantitative estimate of drug-likeness (QED) is 0.606. The second kappa shape index (κ2) is 8.49. The third kappa shape index (κ3) is 4.94. The van der Waals surface area contributed by atoms with Crippen molar-refractivity contribution in [1.29, 1.82) is 0 Å². The topological polar surface area (TPSA) is 46.5 Å². The summed E-state index contributed by atoms with van der Waals surface area (Å²) in [5.74, 6) is 0.0691. The van der Waals surface area contributed by atoms with Crippen molar-refractivity contribution in [2.45, 2.75) is 25.9 Å². The normalized spacial score (nSPS) is 10.6. The zero-order valence-corrected chi connectivity index (χ0v) is 14.7. The smallest absolute Gasteiger partial charge is 0.345 e. The molecule has 3 aromatic rings. The van der Waals surface area contributed by atoms with Gasteiger partial charge in [0.25, 0.3) is 0 Å². The minimum absolute atomic E-state index is 0.404. The first-order valence-electron chi connectivity index (χ1n) is 8.29. The van der Waals surface area contributed by atoms with Crippen LogP contribution in [0.1, 0.15) is 32.1 Å². The molecule has 0 radical (unpaired) electrons. The molecule has 0 fully saturated rings. The molecule has 0 atom stereocenters. The fourth-order valence-corrected chi connectivity index (χ4v) is 3.56. The highest BCUT2D eigenvalue weighted by Gasteiger charge is 2.08. The van der Waals surface area contributed by atoms with Crippen LogP contribution in [0.4, 0.5) is 0 Å². The van der Waals surface area contributed by atoms with Gasteiger partial charge in [-0.3, -0.25) is 0 Å². The molecule has 0 spiro atoms. The van der Waals surface area contributed by atoms with Crippen molar-refractivity contribution in [3.05, 3.63) is 87.6 Å². The second-order valence-corrected chi connectivity index (χ2v) is 6.97. The maximum absolute atomic E-state index is 10.9. The van der Waals surface area contributed by atoms with Gasteiger partial charge in [-0.1, -0.05) is 48.5 Å². The predicted octanol–water partition coefficient (Wildman–Crippen LogP) is 5.20. The van der Waals surface area contributed by atoms with Crippen LogP contribution in [-0.4, -0.2) is 11.1 Å². The van der Waals surface area contributed by atoms with E-state index in [1.54, 1.807) is 6.07 Å². The zero-order chi connectivity index (χ0) is 17.5. The molecule has 0 bridgehead atoms. The lowest BCUT2D eigenvalue weighted by atomic mass is 10.1. The van der Waals surface area contributed by atoms with E-state index in [0.29, 0.717) is 11.5 Å². The Hall–Kier alpha value is -2.59. The lowest BCUT2D eigenvalue weighted by Gasteiger charge is -2.11. The zero-order valence-electron chi connectivity index (χ0n) is 13.9. The Morgan fingerprint density at radius 2 is 1.68 bits per heavy atom. The fourth-order valence-electron chi connectivity index (χ4n) is 2.67. The van der Waals surface area contributed by atoms with Crippen LogP contribution in [-0.2, 0) is 19.4 Å². The number of hydrogen-bond acceptors (Lipinski definition) is 3. The van der Waals surface area contributed by atoms with E-state index in [-0.39, 0.29) is 0 Å². The van der Waals surface area contributed by atoms with Crippen LogP contribution >= 0.6 is 11.3 Å². The summed E-state index contributed by atoms with van der Waals surface area (Å²) >= 11 is 1.36. The van der Waals surface area contributed by atoms with Crippen molar-refractivity contribution in [3.8, 4) is 5.75 Å². The van der Waals surface area contributed by atoms with Gasteiger partial charge in [0, 0.05) is 4.88 Å². The number of carbonyl (C=O) groups is 1. The third-order valence-electron chi connectivity index (χ3n) is 3.95. The second-order valence-electron chi connectivity index (χ2n) is 5.81. The van der Waals surface area contributed by atoms with E-state index >= 15 is 0 Å². The van der Waals surface area contributed by atoms with E-state index in [9.17, 15) is 4.79 Å². The van der Waals surface area contributed by atoms with E-state index in [1.807, 2.05) is 42.5 Å². The Bertz CT molecular complexity index is 824. The molecule has 2 aromatic carbocycles. The van der Waals surface area contributed by atoms with E-state index < -0.39 is 5.97 Å². The summed E-state index contributed by atoms with van der Waals surface area (Å²) in [6.07, 6.45) is 2.75. The van der Waals surface area contributed by atoms with Crippen LogP contribution < -0.4 is 4.74 Å². The Morgan fingerprint density at radius 3 is 2.44 bits per heavy atom. The highest BCUT2D eigenvalue weighted by molar-refractivity contribution is 7.13. The molecule has 0 aliphatic carbocycles. The molecule has 0 unspecified atom stereocenters. The van der Waals surface area contributed by atoms with Gasteiger partial charge in [-0.25, -0.2) is 4.79 Å². The SMILES string of the molecule is O=C(O)c1ccc(CCCc2ccccc2OCc2ccccc2)s1. The van der Waals surface area contributed by atoms with Gasteiger partial charge in [0.1, 0.15) is 17.2 Å². The highest BCUT2D eigenvalue weighted by atomic mass is 32.1. The van der Waals surface area contributed by atoms with Gasteiger partial charge in [-0.15, -0.1) is 11.3 Å². The molecule has 0 aliphatic heterocycles. The van der Waals surface area contributed by atoms with E-state index in [1.165, 1.54) is 16.9 Å². The van der Waals surface area contributed by atoms with E-state index in [2.05, 4.69) is 18.2 Å². The number of para-hydroxylation sites is 1. The molecule has 25 heavy (non-hydrogen) atoms. The van der Waals surface area contributed by atoms with Gasteiger partial charge in [-0.2, -0.15) is 0 Å². The molecule has 128 valence electrons. The van der Waals surface area contributed by atoms with Gasteiger partial charge < -0.3 is 9.84 Å². The summed E-state index contributed by atoms with van der Waals surface area (Å²) < 4.78 is 5.99. The number of aryl methyl sites for hydroxylation is 2. The molecular weight excluding hydrogens is 332 g/mol. The average molecular weight is 352 g/mol. The standard InChI is InChI=1S/C21H20O3S/c22-21(23)20-14-13-18(25-20)11-6-10-17-9-4-5-12-19(17)24-15-16-7-2-1-3-8-16/h1-5,7-9,12-14H,6,10-11,15H2,(H,22,23). The number of carboxylic acid groups (broad SMARTS) is 1. The van der Waals surface area contributed by atoms with Crippen molar-refractivity contribution < 1.29 is 14.6 Å². The first-order chi connectivity index (χ1) is 12.2. The van der Waals surface area contributed by atoms with Gasteiger partial charge in [0.15, 0.2) is 0 Å². The number of ether oxygens (including phenoxy) is 1. The van der Waals surface area contributed by atoms with Crippen LogP contribution in [0.2, 0.25) is 0 Å². The van der Waals surface area contributed by atoms with Crippen molar-refractivity contribution >= 4 is 17.3 Å². The lowest BCUT2D eigenvalue weighted by molar-refractivity contribution is 0.0702. The number of thiophene rings is 1. The number of carboxylic acids is 1. The van der Waals surface area contributed by atoms with E-state index in [4.69, 9.17) is 9.84 Å². The fraction of sp³-hybridized carbons (Fsp3) is 0.190. The molecule has 1 aromatic heterocycles. The number of rotatable bonds is 8. The maximum atomic E-state index is 10.9. The molecule has 0 aliphatic rings. The van der Waals surface area contributed by atoms with Crippen LogP contribution in [0.3, 0.4) is 0 Å². The minimum Gasteiger partial charge on any atom is -0.489 e. The molecule has 4 heteroatoms. The van der Waals surface area contributed by atoms with Crippen LogP contribution in [0.5, 0.6) is 5.75 Å². The van der Waals surface area contributed by atoms with Crippen molar-refractivity contribution in [2.75, 3.05) is 0 Å². The Kier molecular flexibility index (Phi) is 5.86.